The van der Waals surface area contributed by atoms with E-state index in [0.717, 1.165) is 26.9 Å². The van der Waals surface area contributed by atoms with Crippen LogP contribution in [-0.2, 0) is 4.74 Å². The Bertz CT molecular complexity index is 1120. The first kappa shape index (κ1) is 20.0. The first-order chi connectivity index (χ1) is 15.1. The number of hydrogen-bond acceptors (Lipinski definition) is 6. The number of hydrogen-bond donors (Lipinski definition) is 1. The monoisotopic (exact) mass is 436 g/mol. The van der Waals surface area contributed by atoms with Crippen LogP contribution in [0.15, 0.2) is 42.6 Å². The minimum absolute atomic E-state index is 0.0457. The molecule has 4 heterocycles. The lowest BCUT2D eigenvalue weighted by atomic mass is 9.94. The van der Waals surface area contributed by atoms with Crippen LogP contribution >= 0.6 is 11.3 Å². The summed E-state index contributed by atoms with van der Waals surface area (Å²) in [6.45, 7) is 3.63. The Labute approximate surface area is 184 Å². The Morgan fingerprint density at radius 3 is 2.61 bits per heavy atom. The number of amides is 2. The molecule has 0 aliphatic carbocycles. The summed E-state index contributed by atoms with van der Waals surface area (Å²) < 4.78 is 6.53. The van der Waals surface area contributed by atoms with Gasteiger partial charge in [-0.05, 0) is 35.6 Å². The third-order valence-electron chi connectivity index (χ3n) is 6.04. The number of thiophene rings is 1. The van der Waals surface area contributed by atoms with E-state index in [0.29, 0.717) is 50.8 Å². The van der Waals surface area contributed by atoms with Gasteiger partial charge >= 0.3 is 0 Å². The Hall–Kier alpha value is -2.97. The third-order valence-corrected chi connectivity index (χ3v) is 7.22. The number of anilines is 1. The number of morpholine rings is 1. The molecule has 1 atom stereocenters. The van der Waals surface area contributed by atoms with Crippen molar-refractivity contribution in [2.24, 2.45) is 0 Å². The number of nitrogens with two attached hydrogens (primary N) is 1. The number of ether oxygens (including phenoxy) is 1. The van der Waals surface area contributed by atoms with Crippen molar-refractivity contribution < 1.29 is 14.3 Å². The third kappa shape index (κ3) is 3.77. The summed E-state index contributed by atoms with van der Waals surface area (Å²) in [4.78, 5) is 34.9. The van der Waals surface area contributed by atoms with Crippen LogP contribution in [0.4, 0.5) is 5.82 Å². The number of nitrogens with zero attached hydrogens (tertiary/aromatic N) is 3. The van der Waals surface area contributed by atoms with Crippen molar-refractivity contribution in [2.75, 3.05) is 45.1 Å². The van der Waals surface area contributed by atoms with Gasteiger partial charge in [-0.1, -0.05) is 18.2 Å². The van der Waals surface area contributed by atoms with Gasteiger partial charge in [0.25, 0.3) is 11.8 Å². The van der Waals surface area contributed by atoms with Crippen LogP contribution in [0.2, 0.25) is 0 Å². The second-order valence-electron chi connectivity index (χ2n) is 7.95. The van der Waals surface area contributed by atoms with Crippen LogP contribution in [0.1, 0.15) is 37.9 Å². The van der Waals surface area contributed by atoms with Gasteiger partial charge in [-0.25, -0.2) is 4.98 Å². The van der Waals surface area contributed by atoms with Crippen molar-refractivity contribution in [3.8, 4) is 0 Å². The molecule has 2 saturated heterocycles. The summed E-state index contributed by atoms with van der Waals surface area (Å²) in [5.41, 5.74) is 7.27. The second-order valence-corrected chi connectivity index (χ2v) is 9.01. The number of aromatic nitrogens is 1. The van der Waals surface area contributed by atoms with Gasteiger partial charge in [0.1, 0.15) is 5.82 Å². The van der Waals surface area contributed by atoms with Crippen LogP contribution in [-0.4, -0.2) is 66.0 Å². The van der Waals surface area contributed by atoms with E-state index in [4.69, 9.17) is 10.5 Å². The maximum atomic E-state index is 13.4. The highest BCUT2D eigenvalue weighted by Gasteiger charge is 2.34. The quantitative estimate of drug-likeness (QED) is 0.682. The van der Waals surface area contributed by atoms with Gasteiger partial charge in [-0.15, -0.1) is 11.3 Å². The van der Waals surface area contributed by atoms with E-state index in [1.807, 2.05) is 21.9 Å². The summed E-state index contributed by atoms with van der Waals surface area (Å²) in [6.07, 6.45) is 2.36. The molecular weight excluding hydrogens is 412 g/mol. The zero-order valence-corrected chi connectivity index (χ0v) is 17.9. The summed E-state index contributed by atoms with van der Waals surface area (Å²) in [6, 6.07) is 11.5. The van der Waals surface area contributed by atoms with Crippen molar-refractivity contribution in [2.45, 2.75) is 12.3 Å². The Morgan fingerprint density at radius 1 is 1.03 bits per heavy atom. The van der Waals surface area contributed by atoms with Crippen LogP contribution in [0, 0.1) is 0 Å². The SMILES string of the molecule is Nc1ccc(C(=O)N2CCC(c3c(C(=O)N4CCOCC4)sc4ccccc34)C2)cn1. The predicted molar refractivity (Wildman–Crippen MR) is 120 cm³/mol. The molecular formula is C23H24N4O3S. The van der Waals surface area contributed by atoms with E-state index in [9.17, 15) is 9.59 Å². The highest BCUT2D eigenvalue weighted by molar-refractivity contribution is 7.21. The molecule has 2 fully saturated rings. The predicted octanol–water partition coefficient (Wildman–Crippen LogP) is 2.98. The summed E-state index contributed by atoms with van der Waals surface area (Å²) in [7, 11) is 0. The van der Waals surface area contributed by atoms with Crippen molar-refractivity contribution in [1.29, 1.82) is 0 Å². The minimum Gasteiger partial charge on any atom is -0.384 e. The number of carbonyl (C=O) groups is 2. The first-order valence-corrected chi connectivity index (χ1v) is 11.3. The number of fused-ring (bicyclic) bond motifs is 1. The lowest BCUT2D eigenvalue weighted by Crippen LogP contribution is -2.40. The summed E-state index contributed by atoms with van der Waals surface area (Å²) in [5.74, 6) is 0.552. The van der Waals surface area contributed by atoms with Crippen LogP contribution in [0.25, 0.3) is 10.1 Å². The van der Waals surface area contributed by atoms with E-state index in [1.54, 1.807) is 23.5 Å². The Balaban J connectivity index is 1.45. The Kier molecular flexibility index (Phi) is 5.33. The topological polar surface area (TPSA) is 88.8 Å². The van der Waals surface area contributed by atoms with E-state index in [1.165, 1.54) is 6.20 Å². The molecule has 0 saturated carbocycles. The average molecular weight is 437 g/mol. The molecule has 8 heteroatoms. The molecule has 0 radical (unpaired) electrons. The molecule has 1 unspecified atom stereocenters. The van der Waals surface area contributed by atoms with Gasteiger partial charge in [0.05, 0.1) is 23.7 Å². The largest absolute Gasteiger partial charge is 0.384 e. The molecule has 2 aliphatic rings. The number of nitrogen functional groups attached to an aromatic ring is 1. The average Bonchev–Trinajstić information content (AvgIpc) is 3.44. The molecule has 5 rings (SSSR count). The fourth-order valence-corrected chi connectivity index (χ4v) is 5.69. The molecule has 0 bridgehead atoms. The number of likely N-dealkylation sites (tertiary alicyclic amines) is 1. The molecule has 3 aromatic rings. The highest BCUT2D eigenvalue weighted by atomic mass is 32.1. The molecule has 7 nitrogen and oxygen atoms in total. The molecule has 2 aromatic heterocycles. The van der Waals surface area contributed by atoms with Gasteiger partial charge in [0.2, 0.25) is 0 Å². The van der Waals surface area contributed by atoms with Gasteiger partial charge < -0.3 is 20.3 Å². The molecule has 31 heavy (non-hydrogen) atoms. The van der Waals surface area contributed by atoms with Gasteiger partial charge in [0.15, 0.2) is 0 Å². The molecule has 2 aliphatic heterocycles. The van der Waals surface area contributed by atoms with E-state index in [-0.39, 0.29) is 17.7 Å². The van der Waals surface area contributed by atoms with Gasteiger partial charge in [-0.3, -0.25) is 9.59 Å². The standard InChI is InChI=1S/C23H24N4O3S/c24-19-6-5-15(13-25-19)22(28)27-8-7-16(14-27)20-17-3-1-2-4-18(17)31-21(20)23(29)26-9-11-30-12-10-26/h1-6,13,16H,7-12,14H2,(H2,24,25). The normalized spacial score (nSPS) is 19.2. The lowest BCUT2D eigenvalue weighted by molar-refractivity contribution is 0.0305. The number of pyridine rings is 1. The highest BCUT2D eigenvalue weighted by Crippen LogP contribution is 2.41. The van der Waals surface area contributed by atoms with E-state index >= 15 is 0 Å². The van der Waals surface area contributed by atoms with Crippen molar-refractivity contribution in [3.63, 3.8) is 0 Å². The fraction of sp³-hybridized carbons (Fsp3) is 0.348. The molecule has 0 spiro atoms. The minimum atomic E-state index is -0.0457. The fourth-order valence-electron chi connectivity index (χ4n) is 4.43. The van der Waals surface area contributed by atoms with E-state index < -0.39 is 0 Å². The van der Waals surface area contributed by atoms with Crippen molar-refractivity contribution >= 4 is 39.1 Å². The first-order valence-electron chi connectivity index (χ1n) is 10.5. The van der Waals surface area contributed by atoms with Crippen LogP contribution < -0.4 is 5.73 Å². The summed E-state index contributed by atoms with van der Waals surface area (Å²) >= 11 is 1.56. The number of rotatable bonds is 3. The zero-order chi connectivity index (χ0) is 21.4. The zero-order valence-electron chi connectivity index (χ0n) is 17.1. The molecule has 1 aromatic carbocycles. The smallest absolute Gasteiger partial charge is 0.264 e. The van der Waals surface area contributed by atoms with Crippen LogP contribution in [0.3, 0.4) is 0 Å². The molecule has 2 amide bonds. The van der Waals surface area contributed by atoms with Crippen molar-refractivity contribution in [1.82, 2.24) is 14.8 Å². The number of benzene rings is 1. The molecule has 2 N–H and O–H groups in total. The van der Waals surface area contributed by atoms with Crippen molar-refractivity contribution in [3.05, 3.63) is 58.6 Å². The Morgan fingerprint density at radius 2 is 1.84 bits per heavy atom. The maximum Gasteiger partial charge on any atom is 0.264 e. The van der Waals surface area contributed by atoms with Gasteiger partial charge in [0, 0.05) is 43.0 Å². The van der Waals surface area contributed by atoms with Crippen LogP contribution in [0.5, 0.6) is 0 Å². The second kappa shape index (κ2) is 8.28. The van der Waals surface area contributed by atoms with E-state index in [2.05, 4.69) is 17.1 Å². The maximum absolute atomic E-state index is 13.4. The summed E-state index contributed by atoms with van der Waals surface area (Å²) in [5, 5.41) is 1.12. The lowest BCUT2D eigenvalue weighted by Gasteiger charge is -2.27. The number of carbonyl (C=O) groups excluding carboxylic acids is 2. The molecule has 160 valence electrons. The van der Waals surface area contributed by atoms with Gasteiger partial charge in [-0.2, -0.15) is 0 Å².